The average Bonchev–Trinajstić information content (AvgIpc) is 2.04. The number of H-pyrrole nitrogens is 1. The van der Waals surface area contributed by atoms with Crippen LogP contribution in [0.5, 0.6) is 0 Å². The first-order valence-electron chi connectivity index (χ1n) is 4.55. The van der Waals surface area contributed by atoms with Crippen molar-refractivity contribution in [3.63, 3.8) is 0 Å². The molecule has 0 saturated heterocycles. The van der Waals surface area contributed by atoms with Gasteiger partial charge in [-0.15, -0.1) is 0 Å². The molecule has 0 aliphatic carbocycles. The predicted molar refractivity (Wildman–Crippen MR) is 51.6 cm³/mol. The molecule has 0 spiro atoms. The summed E-state index contributed by atoms with van der Waals surface area (Å²) in [7, 11) is 0. The molecule has 0 saturated carbocycles. The maximum atomic E-state index is 11.1. The Morgan fingerprint density at radius 3 is 2.92 bits per heavy atom. The van der Waals surface area contributed by atoms with E-state index in [2.05, 4.69) is 16.9 Å². The number of nitrogens with two attached hydrogens (primary N) is 1. The minimum atomic E-state index is -0.0816. The van der Waals surface area contributed by atoms with E-state index in [-0.39, 0.29) is 5.56 Å². The van der Waals surface area contributed by atoms with Gasteiger partial charge in [-0.1, -0.05) is 13.3 Å². The number of hydrogen-bond acceptors (Lipinski definition) is 3. The van der Waals surface area contributed by atoms with Crippen molar-refractivity contribution >= 4 is 0 Å². The van der Waals surface area contributed by atoms with Crippen LogP contribution in [0.15, 0.2) is 10.9 Å². The van der Waals surface area contributed by atoms with Crippen LogP contribution >= 0.6 is 0 Å². The monoisotopic (exact) mass is 181 g/mol. The first-order chi connectivity index (χ1) is 6.26. The highest BCUT2D eigenvalue weighted by atomic mass is 16.1. The van der Waals surface area contributed by atoms with Crippen LogP contribution in [0.25, 0.3) is 0 Å². The SMILES string of the molecule is CCCc1cc(=O)[nH]c(CCN)n1. The van der Waals surface area contributed by atoms with Crippen LogP contribution in [0.2, 0.25) is 0 Å². The number of rotatable bonds is 4. The van der Waals surface area contributed by atoms with E-state index in [9.17, 15) is 4.79 Å². The predicted octanol–water partition coefficient (Wildman–Crippen LogP) is 0.224. The Labute approximate surface area is 77.2 Å². The van der Waals surface area contributed by atoms with Crippen LogP contribution in [0.3, 0.4) is 0 Å². The van der Waals surface area contributed by atoms with Gasteiger partial charge in [0.1, 0.15) is 5.82 Å². The Hall–Kier alpha value is -1.16. The number of aromatic amines is 1. The normalized spacial score (nSPS) is 10.3. The maximum absolute atomic E-state index is 11.1. The highest BCUT2D eigenvalue weighted by molar-refractivity contribution is 5.03. The molecule has 0 radical (unpaired) electrons. The van der Waals surface area contributed by atoms with Crippen molar-refractivity contribution in [3.05, 3.63) is 27.9 Å². The van der Waals surface area contributed by atoms with E-state index in [1.165, 1.54) is 0 Å². The number of aromatic nitrogens is 2. The molecule has 0 aliphatic rings. The fraction of sp³-hybridized carbons (Fsp3) is 0.556. The smallest absolute Gasteiger partial charge is 0.251 e. The van der Waals surface area contributed by atoms with Crippen LogP contribution < -0.4 is 11.3 Å². The molecule has 0 fully saturated rings. The molecule has 4 heteroatoms. The van der Waals surface area contributed by atoms with Crippen LogP contribution in [0.4, 0.5) is 0 Å². The average molecular weight is 181 g/mol. The van der Waals surface area contributed by atoms with Crippen molar-refractivity contribution in [2.75, 3.05) is 6.54 Å². The molecule has 1 rings (SSSR count). The molecular weight excluding hydrogens is 166 g/mol. The highest BCUT2D eigenvalue weighted by Gasteiger charge is 1.99. The Morgan fingerprint density at radius 1 is 1.54 bits per heavy atom. The zero-order valence-electron chi connectivity index (χ0n) is 7.84. The standard InChI is InChI=1S/C9H15N3O/c1-2-3-7-6-9(13)12-8(11-7)4-5-10/h6H,2-5,10H2,1H3,(H,11,12,13). The van der Waals surface area contributed by atoms with Crippen molar-refractivity contribution in [2.24, 2.45) is 5.73 Å². The van der Waals surface area contributed by atoms with Crippen molar-refractivity contribution in [2.45, 2.75) is 26.2 Å². The molecule has 0 aliphatic heterocycles. The van der Waals surface area contributed by atoms with E-state index in [1.54, 1.807) is 6.07 Å². The summed E-state index contributed by atoms with van der Waals surface area (Å²) >= 11 is 0. The topological polar surface area (TPSA) is 71.8 Å². The second kappa shape index (κ2) is 4.77. The Balaban J connectivity index is 2.90. The van der Waals surface area contributed by atoms with Gasteiger partial charge in [0, 0.05) is 18.2 Å². The van der Waals surface area contributed by atoms with Crippen molar-refractivity contribution in [1.82, 2.24) is 9.97 Å². The number of nitrogens with one attached hydrogen (secondary N) is 1. The maximum Gasteiger partial charge on any atom is 0.251 e. The summed E-state index contributed by atoms with van der Waals surface area (Å²) in [6.45, 7) is 2.57. The first-order valence-corrected chi connectivity index (χ1v) is 4.55. The third-order valence-corrected chi connectivity index (χ3v) is 1.73. The minimum Gasteiger partial charge on any atom is -0.330 e. The summed E-state index contributed by atoms with van der Waals surface area (Å²) in [6, 6.07) is 1.55. The zero-order chi connectivity index (χ0) is 9.68. The van der Waals surface area contributed by atoms with Crippen LogP contribution in [0.1, 0.15) is 24.9 Å². The van der Waals surface area contributed by atoms with Gasteiger partial charge in [-0.2, -0.15) is 0 Å². The van der Waals surface area contributed by atoms with Gasteiger partial charge in [0.2, 0.25) is 0 Å². The summed E-state index contributed by atoms with van der Waals surface area (Å²) in [6.07, 6.45) is 2.48. The second-order valence-electron chi connectivity index (χ2n) is 2.97. The van der Waals surface area contributed by atoms with Crippen LogP contribution in [-0.4, -0.2) is 16.5 Å². The van der Waals surface area contributed by atoms with Crippen LogP contribution in [-0.2, 0) is 12.8 Å². The molecule has 0 atom stereocenters. The van der Waals surface area contributed by atoms with Gasteiger partial charge >= 0.3 is 0 Å². The van der Waals surface area contributed by atoms with Crippen molar-refractivity contribution < 1.29 is 0 Å². The number of aryl methyl sites for hydroxylation is 1. The van der Waals surface area contributed by atoms with E-state index in [1.807, 2.05) is 0 Å². The molecule has 4 nitrogen and oxygen atoms in total. The van der Waals surface area contributed by atoms with Gasteiger partial charge in [-0.3, -0.25) is 4.79 Å². The highest BCUT2D eigenvalue weighted by Crippen LogP contribution is 1.96. The first kappa shape index (κ1) is 9.92. The second-order valence-corrected chi connectivity index (χ2v) is 2.97. The lowest BCUT2D eigenvalue weighted by Crippen LogP contribution is -2.15. The fourth-order valence-electron chi connectivity index (χ4n) is 1.20. The molecular formula is C9H15N3O. The van der Waals surface area contributed by atoms with Crippen LogP contribution in [0, 0.1) is 0 Å². The van der Waals surface area contributed by atoms with E-state index in [4.69, 9.17) is 5.73 Å². The molecule has 1 aromatic heterocycles. The van der Waals surface area contributed by atoms with Crippen molar-refractivity contribution in [1.29, 1.82) is 0 Å². The Morgan fingerprint density at radius 2 is 2.31 bits per heavy atom. The van der Waals surface area contributed by atoms with E-state index >= 15 is 0 Å². The van der Waals surface area contributed by atoms with Gasteiger partial charge in [-0.25, -0.2) is 4.98 Å². The lowest BCUT2D eigenvalue weighted by Gasteiger charge is -2.01. The minimum absolute atomic E-state index is 0.0816. The molecule has 1 heterocycles. The Kier molecular flexibility index (Phi) is 3.64. The third-order valence-electron chi connectivity index (χ3n) is 1.73. The largest absolute Gasteiger partial charge is 0.330 e. The quantitative estimate of drug-likeness (QED) is 0.698. The molecule has 72 valence electrons. The number of nitrogens with zero attached hydrogens (tertiary/aromatic N) is 1. The molecule has 0 bridgehead atoms. The molecule has 3 N–H and O–H groups in total. The summed E-state index contributed by atoms with van der Waals surface area (Å²) < 4.78 is 0. The van der Waals surface area contributed by atoms with E-state index in [0.717, 1.165) is 18.5 Å². The molecule has 1 aromatic rings. The fourth-order valence-corrected chi connectivity index (χ4v) is 1.20. The van der Waals surface area contributed by atoms with Gasteiger partial charge in [0.25, 0.3) is 5.56 Å². The summed E-state index contributed by atoms with van der Waals surface area (Å²) in [4.78, 5) is 18.1. The van der Waals surface area contributed by atoms with Gasteiger partial charge in [0.05, 0.1) is 0 Å². The molecule has 13 heavy (non-hydrogen) atoms. The van der Waals surface area contributed by atoms with Gasteiger partial charge < -0.3 is 10.7 Å². The van der Waals surface area contributed by atoms with Crippen molar-refractivity contribution in [3.8, 4) is 0 Å². The summed E-state index contributed by atoms with van der Waals surface area (Å²) in [5.41, 5.74) is 6.15. The lowest BCUT2D eigenvalue weighted by molar-refractivity contribution is 0.801. The molecule has 0 amide bonds. The molecule has 0 unspecified atom stereocenters. The van der Waals surface area contributed by atoms with Gasteiger partial charge in [0.15, 0.2) is 0 Å². The summed E-state index contributed by atoms with van der Waals surface area (Å²) in [5, 5.41) is 0. The zero-order valence-corrected chi connectivity index (χ0v) is 7.84. The molecule has 0 aromatic carbocycles. The third kappa shape index (κ3) is 2.99. The van der Waals surface area contributed by atoms with E-state index in [0.29, 0.717) is 18.8 Å². The summed E-state index contributed by atoms with van der Waals surface area (Å²) in [5.74, 6) is 0.693. The Bertz CT molecular complexity index is 292. The lowest BCUT2D eigenvalue weighted by atomic mass is 10.2. The number of hydrogen-bond donors (Lipinski definition) is 2. The van der Waals surface area contributed by atoms with Gasteiger partial charge in [-0.05, 0) is 13.0 Å². The van der Waals surface area contributed by atoms with E-state index < -0.39 is 0 Å².